The number of urea groups is 1. The Morgan fingerprint density at radius 3 is 3.00 bits per heavy atom. The quantitative estimate of drug-likeness (QED) is 0.741. The molecule has 2 atom stereocenters. The van der Waals surface area contributed by atoms with E-state index in [0.717, 1.165) is 0 Å². The van der Waals surface area contributed by atoms with Crippen molar-refractivity contribution in [2.24, 2.45) is 5.41 Å². The number of carboxylic acid groups (broad SMARTS) is 1. The lowest BCUT2D eigenvalue weighted by atomic mass is 9.85. The fourth-order valence-electron chi connectivity index (χ4n) is 1.87. The Hall–Kier alpha value is -2.02. The average Bonchev–Trinajstić information content (AvgIpc) is 2.98. The molecular weight excluding hydrogens is 252 g/mol. The monoisotopic (exact) mass is 268 g/mol. The number of hydrogen-bond acceptors (Lipinski definition) is 4. The maximum Gasteiger partial charge on any atom is 0.315 e. The van der Waals surface area contributed by atoms with Crippen molar-refractivity contribution in [3.8, 4) is 0 Å². The zero-order valence-electron chi connectivity index (χ0n) is 10.5. The molecule has 1 aliphatic heterocycles. The van der Waals surface area contributed by atoms with E-state index in [2.05, 4.69) is 10.6 Å². The number of aliphatic carboxylic acids is 1. The Kier molecular flexibility index (Phi) is 3.75. The molecule has 1 aromatic rings. The summed E-state index contributed by atoms with van der Waals surface area (Å²) in [4.78, 5) is 22.9. The van der Waals surface area contributed by atoms with E-state index in [0.29, 0.717) is 5.76 Å². The smallest absolute Gasteiger partial charge is 0.315 e. The standard InChI is InChI=1S/C12H16N2O5/c1-12(10(15)16)7-18-6-9(12)14-11(17)13-5-8-3-2-4-19-8/h2-4,9H,5-7H2,1H3,(H,15,16)(H2,13,14,17). The molecule has 0 aliphatic carbocycles. The molecule has 2 unspecified atom stereocenters. The van der Waals surface area contributed by atoms with E-state index in [-0.39, 0.29) is 19.8 Å². The minimum atomic E-state index is -1.10. The molecule has 1 aromatic heterocycles. The summed E-state index contributed by atoms with van der Waals surface area (Å²) in [6.07, 6.45) is 1.52. The van der Waals surface area contributed by atoms with Crippen LogP contribution in [0.5, 0.6) is 0 Å². The van der Waals surface area contributed by atoms with Crippen molar-refractivity contribution >= 4 is 12.0 Å². The normalized spacial score (nSPS) is 26.1. The van der Waals surface area contributed by atoms with Gasteiger partial charge in [0.05, 0.1) is 32.1 Å². The van der Waals surface area contributed by atoms with Crippen molar-refractivity contribution < 1.29 is 23.8 Å². The Morgan fingerprint density at radius 2 is 2.37 bits per heavy atom. The van der Waals surface area contributed by atoms with E-state index in [1.165, 1.54) is 6.26 Å². The lowest BCUT2D eigenvalue weighted by molar-refractivity contribution is -0.148. The van der Waals surface area contributed by atoms with Gasteiger partial charge in [0.2, 0.25) is 0 Å². The van der Waals surface area contributed by atoms with Crippen molar-refractivity contribution in [1.29, 1.82) is 0 Å². The molecular formula is C12H16N2O5. The number of hydrogen-bond donors (Lipinski definition) is 3. The number of carboxylic acids is 1. The van der Waals surface area contributed by atoms with Gasteiger partial charge in [-0.2, -0.15) is 0 Å². The minimum Gasteiger partial charge on any atom is -0.481 e. The molecule has 0 saturated carbocycles. The van der Waals surface area contributed by atoms with E-state index in [4.69, 9.17) is 14.3 Å². The second-order valence-corrected chi connectivity index (χ2v) is 4.70. The second-order valence-electron chi connectivity index (χ2n) is 4.70. The largest absolute Gasteiger partial charge is 0.481 e. The molecule has 1 aliphatic rings. The van der Waals surface area contributed by atoms with Crippen LogP contribution in [0.4, 0.5) is 4.79 Å². The maximum absolute atomic E-state index is 11.7. The summed E-state index contributed by atoms with van der Waals surface area (Å²) in [5.41, 5.74) is -1.10. The highest BCUT2D eigenvalue weighted by Crippen LogP contribution is 2.28. The highest BCUT2D eigenvalue weighted by atomic mass is 16.5. The van der Waals surface area contributed by atoms with Crippen LogP contribution < -0.4 is 10.6 Å². The van der Waals surface area contributed by atoms with Crippen LogP contribution in [0, 0.1) is 5.41 Å². The lowest BCUT2D eigenvalue weighted by Gasteiger charge is -2.25. The Morgan fingerprint density at radius 1 is 1.58 bits per heavy atom. The van der Waals surface area contributed by atoms with Crippen LogP contribution in [0.3, 0.4) is 0 Å². The average molecular weight is 268 g/mol. The molecule has 2 heterocycles. The first kappa shape index (κ1) is 13.4. The fourth-order valence-corrected chi connectivity index (χ4v) is 1.87. The van der Waals surface area contributed by atoms with E-state index >= 15 is 0 Å². The van der Waals surface area contributed by atoms with Crippen LogP contribution in [-0.2, 0) is 16.1 Å². The molecule has 0 aromatic carbocycles. The molecule has 104 valence electrons. The van der Waals surface area contributed by atoms with E-state index in [1.54, 1.807) is 19.1 Å². The minimum absolute atomic E-state index is 0.0888. The van der Waals surface area contributed by atoms with Gasteiger partial charge < -0.3 is 24.9 Å². The van der Waals surface area contributed by atoms with Crippen molar-refractivity contribution in [3.63, 3.8) is 0 Å². The first-order valence-corrected chi connectivity index (χ1v) is 5.90. The first-order chi connectivity index (χ1) is 9.02. The molecule has 2 rings (SSSR count). The molecule has 2 amide bonds. The van der Waals surface area contributed by atoms with Gasteiger partial charge in [0, 0.05) is 0 Å². The van der Waals surface area contributed by atoms with Crippen LogP contribution >= 0.6 is 0 Å². The lowest BCUT2D eigenvalue weighted by Crippen LogP contribution is -2.52. The number of carbonyl (C=O) groups excluding carboxylic acids is 1. The number of rotatable bonds is 4. The Balaban J connectivity index is 1.86. The summed E-state index contributed by atoms with van der Waals surface area (Å²) < 4.78 is 10.2. The van der Waals surface area contributed by atoms with Gasteiger partial charge in [-0.25, -0.2) is 4.79 Å². The first-order valence-electron chi connectivity index (χ1n) is 5.90. The van der Waals surface area contributed by atoms with Crippen LogP contribution in [0.2, 0.25) is 0 Å². The molecule has 1 fully saturated rings. The molecule has 19 heavy (non-hydrogen) atoms. The maximum atomic E-state index is 11.7. The molecule has 0 radical (unpaired) electrons. The molecule has 0 bridgehead atoms. The third-order valence-corrected chi connectivity index (χ3v) is 3.25. The van der Waals surface area contributed by atoms with Gasteiger partial charge in [-0.05, 0) is 19.1 Å². The predicted octanol–water partition coefficient (Wildman–Crippen LogP) is 0.568. The van der Waals surface area contributed by atoms with Gasteiger partial charge in [-0.15, -0.1) is 0 Å². The van der Waals surface area contributed by atoms with Gasteiger partial charge in [-0.3, -0.25) is 4.79 Å². The number of amides is 2. The topological polar surface area (TPSA) is 101 Å². The van der Waals surface area contributed by atoms with Crippen molar-refractivity contribution in [2.45, 2.75) is 19.5 Å². The molecule has 7 nitrogen and oxygen atoms in total. The third kappa shape index (κ3) is 2.87. The molecule has 7 heteroatoms. The van der Waals surface area contributed by atoms with Crippen LogP contribution in [-0.4, -0.2) is 36.4 Å². The Bertz CT molecular complexity index is 459. The van der Waals surface area contributed by atoms with Crippen molar-refractivity contribution in [3.05, 3.63) is 24.2 Å². The molecule has 1 saturated heterocycles. The van der Waals surface area contributed by atoms with Gasteiger partial charge in [-0.1, -0.05) is 0 Å². The molecule has 3 N–H and O–H groups in total. The third-order valence-electron chi connectivity index (χ3n) is 3.25. The number of furan rings is 1. The highest BCUT2D eigenvalue weighted by Gasteiger charge is 2.47. The summed E-state index contributed by atoms with van der Waals surface area (Å²) in [5, 5.41) is 14.4. The van der Waals surface area contributed by atoms with Crippen molar-refractivity contribution in [1.82, 2.24) is 10.6 Å². The summed E-state index contributed by atoms with van der Waals surface area (Å²) >= 11 is 0. The highest BCUT2D eigenvalue weighted by molar-refractivity contribution is 5.79. The Labute approximate surface area is 109 Å². The number of carbonyl (C=O) groups is 2. The van der Waals surface area contributed by atoms with Gasteiger partial charge in [0.15, 0.2) is 0 Å². The summed E-state index contributed by atoms with van der Waals surface area (Å²) in [6, 6.07) is 2.46. The zero-order valence-corrected chi connectivity index (χ0v) is 10.5. The van der Waals surface area contributed by atoms with Gasteiger partial charge in [0.25, 0.3) is 0 Å². The second kappa shape index (κ2) is 5.31. The summed E-state index contributed by atoms with van der Waals surface area (Å²) in [7, 11) is 0. The van der Waals surface area contributed by atoms with Crippen LogP contribution in [0.1, 0.15) is 12.7 Å². The van der Waals surface area contributed by atoms with E-state index in [1.807, 2.05) is 0 Å². The van der Waals surface area contributed by atoms with Crippen LogP contribution in [0.25, 0.3) is 0 Å². The fraction of sp³-hybridized carbons (Fsp3) is 0.500. The van der Waals surface area contributed by atoms with E-state index in [9.17, 15) is 9.59 Å². The number of ether oxygens (including phenoxy) is 1. The number of nitrogens with one attached hydrogen (secondary N) is 2. The zero-order chi connectivity index (χ0) is 13.9. The molecule has 0 spiro atoms. The summed E-state index contributed by atoms with van der Waals surface area (Å²) in [5.74, 6) is -0.361. The predicted molar refractivity (Wildman–Crippen MR) is 64.4 cm³/mol. The van der Waals surface area contributed by atoms with Crippen LogP contribution in [0.15, 0.2) is 22.8 Å². The summed E-state index contributed by atoms with van der Waals surface area (Å²) in [6.45, 7) is 2.08. The SMILES string of the molecule is CC1(C(=O)O)COCC1NC(=O)NCc1ccco1. The van der Waals surface area contributed by atoms with Gasteiger partial charge >= 0.3 is 12.0 Å². The van der Waals surface area contributed by atoms with E-state index < -0.39 is 23.5 Å². The van der Waals surface area contributed by atoms with Gasteiger partial charge in [0.1, 0.15) is 11.2 Å². The van der Waals surface area contributed by atoms with Crippen molar-refractivity contribution in [2.75, 3.05) is 13.2 Å².